The summed E-state index contributed by atoms with van der Waals surface area (Å²) in [6, 6.07) is 7.50. The van der Waals surface area contributed by atoms with Gasteiger partial charge in [0.2, 0.25) is 0 Å². The van der Waals surface area contributed by atoms with Crippen LogP contribution in [0.15, 0.2) is 24.3 Å². The molecule has 0 aliphatic heterocycles. The van der Waals surface area contributed by atoms with E-state index >= 15 is 0 Å². The van der Waals surface area contributed by atoms with E-state index in [1.54, 1.807) is 16.8 Å². The summed E-state index contributed by atoms with van der Waals surface area (Å²) in [7, 11) is 1.85. The Morgan fingerprint density at radius 3 is 2.78 bits per heavy atom. The van der Waals surface area contributed by atoms with Crippen molar-refractivity contribution in [2.45, 2.75) is 26.3 Å². The molecule has 0 aliphatic rings. The molecule has 0 fully saturated rings. The van der Waals surface area contributed by atoms with E-state index in [4.69, 9.17) is 11.6 Å². The summed E-state index contributed by atoms with van der Waals surface area (Å²) >= 11 is 6.01. The Hall–Kier alpha value is -1.63. The molecular formula is C15H21Cl2N5O. The number of aromatic nitrogens is 3. The highest BCUT2D eigenvalue weighted by atomic mass is 35.5. The number of nitrogens with zero attached hydrogens (tertiary/aromatic N) is 3. The summed E-state index contributed by atoms with van der Waals surface area (Å²) in [6.07, 6.45) is 0.643. The van der Waals surface area contributed by atoms with E-state index in [0.29, 0.717) is 23.7 Å². The number of benzene rings is 1. The number of amides is 1. The lowest BCUT2D eigenvalue weighted by molar-refractivity contribution is 0.0944. The van der Waals surface area contributed by atoms with Gasteiger partial charge in [-0.25, -0.2) is 4.68 Å². The summed E-state index contributed by atoms with van der Waals surface area (Å²) in [5, 5.41) is 14.7. The van der Waals surface area contributed by atoms with Crippen LogP contribution in [0.3, 0.4) is 0 Å². The van der Waals surface area contributed by atoms with Gasteiger partial charge in [0.15, 0.2) is 5.69 Å². The van der Waals surface area contributed by atoms with E-state index in [2.05, 4.69) is 20.9 Å². The first-order valence-electron chi connectivity index (χ1n) is 7.22. The topological polar surface area (TPSA) is 71.8 Å². The maximum Gasteiger partial charge on any atom is 0.273 e. The van der Waals surface area contributed by atoms with Gasteiger partial charge in [-0.2, -0.15) is 0 Å². The quantitative estimate of drug-likeness (QED) is 0.831. The fourth-order valence-corrected chi connectivity index (χ4v) is 2.23. The minimum absolute atomic E-state index is 0. The number of rotatable bonds is 6. The van der Waals surface area contributed by atoms with E-state index in [-0.39, 0.29) is 24.4 Å². The lowest BCUT2D eigenvalue weighted by atomic mass is 10.2. The van der Waals surface area contributed by atoms with Crippen molar-refractivity contribution in [3.05, 3.63) is 40.7 Å². The molecule has 6 nitrogen and oxygen atoms in total. The molecular weight excluding hydrogens is 337 g/mol. The predicted molar refractivity (Wildman–Crippen MR) is 93.8 cm³/mol. The maximum absolute atomic E-state index is 12.3. The molecule has 0 saturated carbocycles. The second-order valence-corrected chi connectivity index (χ2v) is 5.47. The Balaban J connectivity index is 0.00000264. The zero-order valence-corrected chi connectivity index (χ0v) is 14.9. The minimum atomic E-state index is -0.216. The van der Waals surface area contributed by atoms with Crippen molar-refractivity contribution in [2.75, 3.05) is 13.6 Å². The largest absolute Gasteiger partial charge is 0.349 e. The molecule has 0 radical (unpaired) electrons. The first-order valence-corrected chi connectivity index (χ1v) is 7.60. The molecule has 1 atom stereocenters. The van der Waals surface area contributed by atoms with Gasteiger partial charge in [0.25, 0.3) is 5.91 Å². The van der Waals surface area contributed by atoms with Gasteiger partial charge in [0.1, 0.15) is 0 Å². The van der Waals surface area contributed by atoms with Crippen LogP contribution in [0, 0.1) is 0 Å². The molecule has 2 aromatic rings. The smallest absolute Gasteiger partial charge is 0.273 e. The van der Waals surface area contributed by atoms with E-state index < -0.39 is 0 Å². The Bertz CT molecular complexity index is 659. The molecule has 0 spiro atoms. The Labute approximate surface area is 147 Å². The first-order chi connectivity index (χ1) is 10.6. The van der Waals surface area contributed by atoms with Crippen molar-refractivity contribution in [2.24, 2.45) is 0 Å². The van der Waals surface area contributed by atoms with Gasteiger partial charge in [0.05, 0.1) is 11.4 Å². The number of hydrogen-bond donors (Lipinski definition) is 2. The van der Waals surface area contributed by atoms with Crippen molar-refractivity contribution < 1.29 is 4.79 Å². The van der Waals surface area contributed by atoms with Gasteiger partial charge in [-0.1, -0.05) is 29.8 Å². The van der Waals surface area contributed by atoms with E-state index in [0.717, 1.165) is 11.4 Å². The van der Waals surface area contributed by atoms with E-state index in [9.17, 15) is 4.79 Å². The van der Waals surface area contributed by atoms with Gasteiger partial charge < -0.3 is 10.6 Å². The third-order valence-electron chi connectivity index (χ3n) is 3.43. The van der Waals surface area contributed by atoms with Gasteiger partial charge in [-0.05, 0) is 38.6 Å². The summed E-state index contributed by atoms with van der Waals surface area (Å²) < 4.78 is 1.66. The van der Waals surface area contributed by atoms with Crippen LogP contribution in [0.2, 0.25) is 5.02 Å². The van der Waals surface area contributed by atoms with Crippen molar-refractivity contribution >= 4 is 29.9 Å². The monoisotopic (exact) mass is 357 g/mol. The summed E-state index contributed by atoms with van der Waals surface area (Å²) in [5.41, 5.74) is 1.90. The predicted octanol–water partition coefficient (Wildman–Crippen LogP) is 2.24. The fraction of sp³-hybridized carbons (Fsp3) is 0.400. The molecule has 1 heterocycles. The standard InChI is InChI=1S/C15H20ClN5O.ClH/c1-4-13-14(15(22)18-9-10(2)17-3)19-20-21(13)12-7-5-6-11(16)8-12;/h5-8,10,17H,4,9H2,1-3H3,(H,18,22);1H. The van der Waals surface area contributed by atoms with Crippen LogP contribution >= 0.6 is 24.0 Å². The minimum Gasteiger partial charge on any atom is -0.349 e. The number of likely N-dealkylation sites (N-methyl/N-ethyl adjacent to an activating group) is 1. The van der Waals surface area contributed by atoms with Crippen LogP contribution in [0.1, 0.15) is 30.0 Å². The van der Waals surface area contributed by atoms with E-state index in [1.807, 2.05) is 33.0 Å². The number of carbonyl (C=O) groups excluding carboxylic acids is 1. The first kappa shape index (κ1) is 19.4. The number of hydrogen-bond acceptors (Lipinski definition) is 4. The zero-order valence-electron chi connectivity index (χ0n) is 13.3. The maximum atomic E-state index is 12.3. The van der Waals surface area contributed by atoms with Crippen molar-refractivity contribution in [3.8, 4) is 5.69 Å². The second kappa shape index (κ2) is 8.86. The third-order valence-corrected chi connectivity index (χ3v) is 3.66. The summed E-state index contributed by atoms with van der Waals surface area (Å²) in [6.45, 7) is 4.49. The summed E-state index contributed by atoms with van der Waals surface area (Å²) in [4.78, 5) is 12.3. The normalized spacial score (nSPS) is 11.7. The molecule has 0 aliphatic carbocycles. The van der Waals surface area contributed by atoms with Gasteiger partial charge in [-0.3, -0.25) is 4.79 Å². The van der Waals surface area contributed by atoms with Gasteiger partial charge in [-0.15, -0.1) is 17.5 Å². The molecule has 2 rings (SSSR count). The SMILES string of the molecule is CCc1c(C(=O)NCC(C)NC)nnn1-c1cccc(Cl)c1.Cl. The molecule has 23 heavy (non-hydrogen) atoms. The summed E-state index contributed by atoms with van der Waals surface area (Å²) in [5.74, 6) is -0.216. The van der Waals surface area contributed by atoms with Crippen molar-refractivity contribution in [1.82, 2.24) is 25.6 Å². The van der Waals surface area contributed by atoms with Gasteiger partial charge in [0, 0.05) is 17.6 Å². The molecule has 0 saturated heterocycles. The lowest BCUT2D eigenvalue weighted by Crippen LogP contribution is -2.37. The average Bonchev–Trinajstić information content (AvgIpc) is 2.96. The molecule has 126 valence electrons. The highest BCUT2D eigenvalue weighted by molar-refractivity contribution is 6.30. The molecule has 1 aromatic heterocycles. The highest BCUT2D eigenvalue weighted by Gasteiger charge is 2.19. The van der Waals surface area contributed by atoms with Crippen LogP contribution in [-0.2, 0) is 6.42 Å². The van der Waals surface area contributed by atoms with Crippen LogP contribution in [0.5, 0.6) is 0 Å². The molecule has 1 unspecified atom stereocenters. The zero-order chi connectivity index (χ0) is 16.1. The third kappa shape index (κ3) is 4.67. The van der Waals surface area contributed by atoms with Gasteiger partial charge >= 0.3 is 0 Å². The Morgan fingerprint density at radius 2 is 2.17 bits per heavy atom. The van der Waals surface area contributed by atoms with Crippen molar-refractivity contribution in [1.29, 1.82) is 0 Å². The molecule has 8 heteroatoms. The van der Waals surface area contributed by atoms with Crippen LogP contribution in [0.4, 0.5) is 0 Å². The number of carbonyl (C=O) groups is 1. The second-order valence-electron chi connectivity index (χ2n) is 5.03. The van der Waals surface area contributed by atoms with Crippen molar-refractivity contribution in [3.63, 3.8) is 0 Å². The van der Waals surface area contributed by atoms with E-state index in [1.165, 1.54) is 0 Å². The number of nitrogens with one attached hydrogen (secondary N) is 2. The van der Waals surface area contributed by atoms with Crippen LogP contribution in [-0.4, -0.2) is 40.5 Å². The Morgan fingerprint density at radius 1 is 1.43 bits per heavy atom. The molecule has 1 aromatic carbocycles. The van der Waals surface area contributed by atoms with Crippen LogP contribution < -0.4 is 10.6 Å². The lowest BCUT2D eigenvalue weighted by Gasteiger charge is -2.11. The van der Waals surface area contributed by atoms with Crippen LogP contribution in [0.25, 0.3) is 5.69 Å². The highest BCUT2D eigenvalue weighted by Crippen LogP contribution is 2.17. The molecule has 0 bridgehead atoms. The number of halogens is 2. The molecule has 1 amide bonds. The fourth-order valence-electron chi connectivity index (χ4n) is 2.04. The average molecular weight is 358 g/mol. The molecule has 2 N–H and O–H groups in total. The Kier molecular flexibility index (Phi) is 7.48.